The predicted molar refractivity (Wildman–Crippen MR) is 247 cm³/mol. The molecule has 2 aromatic carbocycles. The Balaban J connectivity index is 1.29. The number of allylic oxidation sites excluding steroid dienone is 5. The van der Waals surface area contributed by atoms with E-state index >= 15 is 4.79 Å². The lowest BCUT2D eigenvalue weighted by Gasteiger charge is -2.66. The molecule has 2 saturated heterocycles. The van der Waals surface area contributed by atoms with Gasteiger partial charge in [0.05, 0.1) is 36.4 Å². The summed E-state index contributed by atoms with van der Waals surface area (Å²) in [6, 6.07) is 7.25. The van der Waals surface area contributed by atoms with Crippen LogP contribution in [0.25, 0.3) is 11.8 Å². The van der Waals surface area contributed by atoms with Crippen molar-refractivity contribution >= 4 is 29.4 Å². The highest BCUT2D eigenvalue weighted by atomic mass is 16.7. The molecule has 0 radical (unpaired) electrons. The van der Waals surface area contributed by atoms with Gasteiger partial charge in [0.2, 0.25) is 6.29 Å². The van der Waals surface area contributed by atoms with Crippen molar-refractivity contribution in [2.75, 3.05) is 13.7 Å². The molecule has 5 aliphatic heterocycles. The molecular formula is C54H62O14. The topological polar surface area (TPSA) is 197 Å². The number of hydrogen-bond donors (Lipinski definition) is 4. The normalized spacial score (nSPS) is 36.3. The highest BCUT2D eigenvalue weighted by molar-refractivity contribution is 6.21. The Bertz CT molecular complexity index is 2660. The molecule has 0 amide bonds. The molecule has 68 heavy (non-hydrogen) atoms. The fraction of sp³-hybridized carbons (Fsp3) is 0.537. The van der Waals surface area contributed by atoms with Gasteiger partial charge >= 0.3 is 5.97 Å². The molecule has 8 unspecified atom stereocenters. The van der Waals surface area contributed by atoms with Gasteiger partial charge in [-0.25, -0.2) is 4.79 Å². The van der Waals surface area contributed by atoms with Crippen molar-refractivity contribution in [2.24, 2.45) is 23.7 Å². The number of benzene rings is 2. The quantitative estimate of drug-likeness (QED) is 0.107. The van der Waals surface area contributed by atoms with Crippen LogP contribution in [-0.2, 0) is 35.0 Å². The number of fused-ring (bicyclic) bond motifs is 5. The molecule has 13 atom stereocenters. The number of Topliss-reactive ketones (excluding diaryl/α,β-unsaturated/α-hetero) is 2. The van der Waals surface area contributed by atoms with E-state index in [-0.39, 0.29) is 29.3 Å². The summed E-state index contributed by atoms with van der Waals surface area (Å²) in [7, 11) is 1.30. The Hall–Kier alpha value is -5.09. The standard InChI is InChI=1S/C54H62O14/c1-25(2)13-12-20-52(8)21-19-31-43(66-52)30(17-16-26(3)4)46-37(45(31)65-50-42(59)41(58)40(57)33(24-55)63-50)47-38-35(36-39(56)28-14-10-11-15-29(28)44(36)64-47)32-23-34-51(6,7)68-53(48(32)60,54(34,38)67-46)22-18-27(5)49(61)62-9/h10-11,13-16,18-19,21,32-35,38,40-42,47,50,55,57-59H,12,17,20,22-24H2,1-9H3/b27-18-/t32?,33-,34?,35?,38?,40-,41+,42-,47?,50+,52?,53?,54?/m1/s1. The number of esters is 1. The van der Waals surface area contributed by atoms with Crippen LogP contribution in [0.3, 0.4) is 0 Å². The molecule has 4 aliphatic carbocycles. The van der Waals surface area contributed by atoms with Crippen LogP contribution >= 0.6 is 0 Å². The second-order valence-corrected chi connectivity index (χ2v) is 21.1. The molecule has 14 nitrogen and oxygen atoms in total. The lowest BCUT2D eigenvalue weighted by Crippen LogP contribution is -2.79. The maximum Gasteiger partial charge on any atom is 0.333 e. The smallest absolute Gasteiger partial charge is 0.333 e. The van der Waals surface area contributed by atoms with Crippen LogP contribution < -0.4 is 14.2 Å². The largest absolute Gasteiger partial charge is 0.484 e. The van der Waals surface area contributed by atoms with E-state index in [4.69, 9.17) is 33.2 Å². The number of carbonyl (C=O) groups is 3. The second kappa shape index (κ2) is 16.2. The van der Waals surface area contributed by atoms with Crippen molar-refractivity contribution in [1.82, 2.24) is 0 Å². The maximum absolute atomic E-state index is 15.9. The highest BCUT2D eigenvalue weighted by Crippen LogP contribution is 2.77. The maximum atomic E-state index is 15.9. The van der Waals surface area contributed by atoms with Gasteiger partial charge in [-0.15, -0.1) is 0 Å². The zero-order valence-electron chi connectivity index (χ0n) is 40.1. The zero-order chi connectivity index (χ0) is 48.6. The van der Waals surface area contributed by atoms with Gasteiger partial charge in [0, 0.05) is 52.0 Å². The number of aliphatic hydroxyl groups is 4. The third-order valence-corrected chi connectivity index (χ3v) is 16.0. The molecule has 3 saturated carbocycles. The van der Waals surface area contributed by atoms with E-state index in [2.05, 4.69) is 12.2 Å². The van der Waals surface area contributed by atoms with Crippen LogP contribution in [0, 0.1) is 23.7 Å². The van der Waals surface area contributed by atoms with Gasteiger partial charge < -0.3 is 53.6 Å². The Labute approximate surface area is 396 Å². The lowest BCUT2D eigenvalue weighted by atomic mass is 9.41. The summed E-state index contributed by atoms with van der Waals surface area (Å²) in [5, 5.41) is 43.8. The molecule has 362 valence electrons. The summed E-state index contributed by atoms with van der Waals surface area (Å²) in [5.74, 6) is -2.40. The predicted octanol–water partition coefficient (Wildman–Crippen LogP) is 6.60. The Morgan fingerprint density at radius 2 is 1.63 bits per heavy atom. The molecule has 11 rings (SSSR count). The van der Waals surface area contributed by atoms with Crippen LogP contribution in [0.5, 0.6) is 17.2 Å². The first kappa shape index (κ1) is 46.6. The van der Waals surface area contributed by atoms with Crippen molar-refractivity contribution in [1.29, 1.82) is 0 Å². The molecule has 5 fully saturated rings. The number of hydrogen-bond acceptors (Lipinski definition) is 14. The fourth-order valence-corrected chi connectivity index (χ4v) is 12.9. The minimum Gasteiger partial charge on any atom is -0.484 e. The van der Waals surface area contributed by atoms with Crippen LogP contribution in [0.15, 0.2) is 70.9 Å². The van der Waals surface area contributed by atoms with Crippen LogP contribution in [-0.4, -0.2) is 105 Å². The van der Waals surface area contributed by atoms with Crippen molar-refractivity contribution in [2.45, 2.75) is 147 Å². The average Bonchev–Trinajstić information content (AvgIpc) is 3.66. The first-order valence-corrected chi connectivity index (χ1v) is 23.8. The molecule has 0 aromatic heterocycles. The highest BCUT2D eigenvalue weighted by Gasteiger charge is 2.86. The van der Waals surface area contributed by atoms with Crippen molar-refractivity contribution in [3.63, 3.8) is 0 Å². The summed E-state index contributed by atoms with van der Waals surface area (Å²) in [4.78, 5) is 43.7. The summed E-state index contributed by atoms with van der Waals surface area (Å²) in [5.41, 5.74) is 0.467. The van der Waals surface area contributed by atoms with E-state index in [1.807, 2.05) is 72.8 Å². The van der Waals surface area contributed by atoms with Gasteiger partial charge in [-0.05, 0) is 93.2 Å². The minimum absolute atomic E-state index is 0.0430. The molecule has 4 bridgehead atoms. The lowest BCUT2D eigenvalue weighted by molar-refractivity contribution is -0.278. The molecule has 1 spiro atoms. The summed E-state index contributed by atoms with van der Waals surface area (Å²) in [6.45, 7) is 15.0. The molecule has 4 N–H and O–H groups in total. The van der Waals surface area contributed by atoms with E-state index in [1.54, 1.807) is 25.1 Å². The van der Waals surface area contributed by atoms with E-state index in [0.29, 0.717) is 69.9 Å². The van der Waals surface area contributed by atoms with Gasteiger partial charge in [-0.3, -0.25) is 9.59 Å². The fourth-order valence-electron chi connectivity index (χ4n) is 12.9. The van der Waals surface area contributed by atoms with E-state index in [1.165, 1.54) is 12.7 Å². The van der Waals surface area contributed by atoms with Gasteiger partial charge in [-0.2, -0.15) is 0 Å². The molecule has 5 heterocycles. The van der Waals surface area contributed by atoms with Crippen molar-refractivity contribution < 1.29 is 68.0 Å². The monoisotopic (exact) mass is 934 g/mol. The first-order chi connectivity index (χ1) is 32.2. The summed E-state index contributed by atoms with van der Waals surface area (Å²) in [6.07, 6.45) is 2.64. The first-order valence-electron chi connectivity index (χ1n) is 23.8. The third-order valence-electron chi connectivity index (χ3n) is 16.0. The van der Waals surface area contributed by atoms with Crippen LogP contribution in [0.2, 0.25) is 0 Å². The van der Waals surface area contributed by atoms with Gasteiger partial charge in [-0.1, -0.05) is 53.6 Å². The molecule has 2 aromatic rings. The number of rotatable bonds is 11. The van der Waals surface area contributed by atoms with E-state index < -0.39 is 95.5 Å². The van der Waals surface area contributed by atoms with Gasteiger partial charge in [0.1, 0.15) is 59.1 Å². The third kappa shape index (κ3) is 6.53. The molecule has 14 heteroatoms. The van der Waals surface area contributed by atoms with E-state index in [0.717, 1.165) is 12.0 Å². The van der Waals surface area contributed by atoms with Crippen LogP contribution in [0.4, 0.5) is 0 Å². The molecule has 9 aliphatic rings. The summed E-state index contributed by atoms with van der Waals surface area (Å²) < 4.78 is 47.8. The van der Waals surface area contributed by atoms with E-state index in [9.17, 15) is 30.0 Å². The second-order valence-electron chi connectivity index (χ2n) is 21.1. The number of methoxy groups -OCH3 is 1. The summed E-state index contributed by atoms with van der Waals surface area (Å²) >= 11 is 0. The van der Waals surface area contributed by atoms with Crippen LogP contribution in [0.1, 0.15) is 120 Å². The Morgan fingerprint density at radius 1 is 0.912 bits per heavy atom. The van der Waals surface area contributed by atoms with Gasteiger partial charge in [0.25, 0.3) is 0 Å². The number of ketones is 2. The number of carbonyl (C=O) groups excluding carboxylic acids is 3. The van der Waals surface area contributed by atoms with Gasteiger partial charge in [0.15, 0.2) is 22.8 Å². The van der Waals surface area contributed by atoms with Crippen molar-refractivity contribution in [3.8, 4) is 17.2 Å². The number of aliphatic hydroxyl groups excluding tert-OH is 4. The average molecular weight is 935 g/mol. The SMILES string of the molecule is COC(=O)/C(C)=C\CC12OC(C)(C)C3CC(C1=O)C1C4=C(OC5c6c(O[C@@H]7O[C@H](CO)[C@@H](O)[C@H](O)[C@H]7O)c7c(c(CC=C(C)C)c6OC32C51)OC(C)(CCC=C(C)C)C=C7)c1ccccc1C4=O. The Morgan fingerprint density at radius 3 is 2.32 bits per heavy atom. The molecular weight excluding hydrogens is 873 g/mol. The zero-order valence-corrected chi connectivity index (χ0v) is 40.1. The van der Waals surface area contributed by atoms with Crippen molar-refractivity contribution in [3.05, 3.63) is 98.7 Å². The number of ether oxygens (including phenoxy) is 7. The minimum atomic E-state index is -1.78. The Kier molecular flexibility index (Phi) is 11.1.